The van der Waals surface area contributed by atoms with E-state index in [1.165, 1.54) is 24.3 Å². The van der Waals surface area contributed by atoms with Crippen molar-refractivity contribution in [2.75, 3.05) is 13.7 Å². The highest BCUT2D eigenvalue weighted by atomic mass is 16.6. The van der Waals surface area contributed by atoms with Gasteiger partial charge in [0.05, 0.1) is 30.6 Å². The Labute approximate surface area is 210 Å². The fourth-order valence-corrected chi connectivity index (χ4v) is 5.79. The summed E-state index contributed by atoms with van der Waals surface area (Å²) in [5.41, 5.74) is 1.92. The number of rotatable bonds is 7. The first kappa shape index (κ1) is 25.6. The zero-order valence-corrected chi connectivity index (χ0v) is 20.8. The van der Waals surface area contributed by atoms with E-state index in [-0.39, 0.29) is 47.5 Å². The maximum atomic E-state index is 13.1. The van der Waals surface area contributed by atoms with Crippen LogP contribution in [0, 0.1) is 27.9 Å². The normalized spacial score (nSPS) is 25.0. The number of ether oxygens (including phenoxy) is 3. The molecule has 0 amide bonds. The Balaban J connectivity index is 1.63. The molecule has 0 saturated heterocycles. The predicted octanol–water partition coefficient (Wildman–Crippen LogP) is 4.87. The molecule has 5 atom stereocenters. The minimum atomic E-state index is -0.569. The fourth-order valence-electron chi connectivity index (χ4n) is 5.79. The third-order valence-corrected chi connectivity index (χ3v) is 7.34. The molecule has 2 aliphatic rings. The molecule has 0 N–H and O–H groups in total. The van der Waals surface area contributed by atoms with Gasteiger partial charge in [-0.25, -0.2) is 9.78 Å². The second kappa shape index (κ2) is 11.1. The van der Waals surface area contributed by atoms with Crippen LogP contribution < -0.4 is 4.74 Å². The second-order valence-corrected chi connectivity index (χ2v) is 9.79. The molecule has 4 rings (SSSR count). The maximum absolute atomic E-state index is 13.1. The van der Waals surface area contributed by atoms with Crippen LogP contribution in [0.4, 0.5) is 5.69 Å². The van der Waals surface area contributed by atoms with Crippen LogP contribution in [0.5, 0.6) is 5.88 Å². The summed E-state index contributed by atoms with van der Waals surface area (Å²) < 4.78 is 16.6. The smallest absolute Gasteiger partial charge is 0.338 e. The summed E-state index contributed by atoms with van der Waals surface area (Å²) in [4.78, 5) is 40.9. The summed E-state index contributed by atoms with van der Waals surface area (Å²) in [6.45, 7) is 4.24. The molecule has 0 bridgehead atoms. The summed E-state index contributed by atoms with van der Waals surface area (Å²) in [5.74, 6) is 0.118. The molecular formula is C27H32N2O7. The maximum Gasteiger partial charge on any atom is 0.338 e. The Morgan fingerprint density at radius 3 is 2.69 bits per heavy atom. The lowest BCUT2D eigenvalue weighted by atomic mass is 9.69. The van der Waals surface area contributed by atoms with Gasteiger partial charge in [-0.2, -0.15) is 0 Å². The van der Waals surface area contributed by atoms with E-state index in [4.69, 9.17) is 19.2 Å². The molecule has 192 valence electrons. The van der Waals surface area contributed by atoms with E-state index < -0.39 is 10.9 Å². The molecule has 1 heterocycles. The minimum absolute atomic E-state index is 0.0171. The highest BCUT2D eigenvalue weighted by Gasteiger charge is 2.43. The number of non-ortho nitro benzene ring substituents is 1. The molecule has 0 aliphatic heterocycles. The lowest BCUT2D eigenvalue weighted by Gasteiger charge is -2.40. The molecule has 36 heavy (non-hydrogen) atoms. The molecule has 1 saturated carbocycles. The first-order valence-corrected chi connectivity index (χ1v) is 12.4. The van der Waals surface area contributed by atoms with Crippen molar-refractivity contribution >= 4 is 17.6 Å². The van der Waals surface area contributed by atoms with E-state index in [1.807, 2.05) is 12.1 Å². The molecule has 0 unspecified atom stereocenters. The monoisotopic (exact) mass is 496 g/mol. The topological polar surface area (TPSA) is 118 Å². The number of nitro benzene ring substituents is 1. The number of hydrogen-bond donors (Lipinski definition) is 0. The quantitative estimate of drug-likeness (QED) is 0.303. The number of carbonyl (C=O) groups excluding carboxylic acids is 2. The van der Waals surface area contributed by atoms with Crippen molar-refractivity contribution in [3.8, 4) is 5.88 Å². The molecule has 2 aromatic rings. The SMILES string of the molecule is CCOC(=O)C[C@@H]1C[C@H]2[C@@H](Cc3nc(OC)ccc31)C[C@@H](C)C[C@H]2OC(=O)c1cccc([N+](=O)[O-])c1. The van der Waals surface area contributed by atoms with Crippen molar-refractivity contribution in [1.82, 2.24) is 4.98 Å². The van der Waals surface area contributed by atoms with E-state index in [9.17, 15) is 19.7 Å². The molecule has 2 aliphatic carbocycles. The number of nitrogens with zero attached hydrogens (tertiary/aromatic N) is 2. The molecular weight excluding hydrogens is 464 g/mol. The average molecular weight is 497 g/mol. The predicted molar refractivity (Wildman–Crippen MR) is 131 cm³/mol. The zero-order chi connectivity index (χ0) is 25.8. The number of nitro groups is 1. The zero-order valence-electron chi connectivity index (χ0n) is 20.8. The van der Waals surface area contributed by atoms with Crippen LogP contribution in [0.1, 0.15) is 67.1 Å². The van der Waals surface area contributed by atoms with Crippen molar-refractivity contribution in [2.45, 2.75) is 58.0 Å². The summed E-state index contributed by atoms with van der Waals surface area (Å²) in [5, 5.41) is 11.2. The minimum Gasteiger partial charge on any atom is -0.481 e. The van der Waals surface area contributed by atoms with E-state index in [1.54, 1.807) is 14.0 Å². The van der Waals surface area contributed by atoms with Gasteiger partial charge in [-0.15, -0.1) is 0 Å². The van der Waals surface area contributed by atoms with Gasteiger partial charge >= 0.3 is 11.9 Å². The number of fused-ring (bicyclic) bond motifs is 2. The molecule has 9 heteroatoms. The summed E-state index contributed by atoms with van der Waals surface area (Å²) in [6, 6.07) is 9.40. The van der Waals surface area contributed by atoms with Gasteiger partial charge in [0, 0.05) is 23.9 Å². The average Bonchev–Trinajstić information content (AvgIpc) is 3.00. The number of aromatic nitrogens is 1. The number of benzene rings is 1. The third-order valence-electron chi connectivity index (χ3n) is 7.34. The van der Waals surface area contributed by atoms with Crippen LogP contribution in [-0.2, 0) is 20.7 Å². The largest absolute Gasteiger partial charge is 0.481 e. The molecule has 1 aromatic carbocycles. The van der Waals surface area contributed by atoms with E-state index >= 15 is 0 Å². The Kier molecular flexibility index (Phi) is 7.86. The number of esters is 2. The van der Waals surface area contributed by atoms with Gasteiger partial charge in [0.2, 0.25) is 5.88 Å². The van der Waals surface area contributed by atoms with Gasteiger partial charge in [-0.05, 0) is 67.9 Å². The third kappa shape index (κ3) is 5.66. The molecule has 9 nitrogen and oxygen atoms in total. The highest BCUT2D eigenvalue weighted by molar-refractivity contribution is 5.90. The summed E-state index contributed by atoms with van der Waals surface area (Å²) in [7, 11) is 1.58. The molecule has 1 fully saturated rings. The first-order chi connectivity index (χ1) is 17.3. The van der Waals surface area contributed by atoms with Crippen LogP contribution >= 0.6 is 0 Å². The molecule has 0 radical (unpaired) electrons. The van der Waals surface area contributed by atoms with E-state index in [0.29, 0.717) is 37.7 Å². The van der Waals surface area contributed by atoms with Crippen molar-refractivity contribution in [2.24, 2.45) is 17.8 Å². The number of pyridine rings is 1. The van der Waals surface area contributed by atoms with Gasteiger partial charge in [-0.1, -0.05) is 19.1 Å². The van der Waals surface area contributed by atoms with Crippen LogP contribution in [0.25, 0.3) is 0 Å². The van der Waals surface area contributed by atoms with Crippen LogP contribution in [-0.4, -0.2) is 41.7 Å². The lowest BCUT2D eigenvalue weighted by Crippen LogP contribution is -2.40. The van der Waals surface area contributed by atoms with Gasteiger partial charge in [0.1, 0.15) is 6.10 Å². The Morgan fingerprint density at radius 2 is 1.97 bits per heavy atom. The van der Waals surface area contributed by atoms with Crippen molar-refractivity contribution in [3.05, 3.63) is 63.3 Å². The fraction of sp³-hybridized carbons (Fsp3) is 0.519. The number of carbonyl (C=O) groups is 2. The van der Waals surface area contributed by atoms with Gasteiger partial charge in [-0.3, -0.25) is 14.9 Å². The van der Waals surface area contributed by atoms with Crippen LogP contribution in [0.15, 0.2) is 36.4 Å². The van der Waals surface area contributed by atoms with Gasteiger partial charge in [0.15, 0.2) is 0 Å². The molecule has 1 aromatic heterocycles. The highest BCUT2D eigenvalue weighted by Crippen LogP contribution is 2.47. The van der Waals surface area contributed by atoms with Crippen molar-refractivity contribution in [1.29, 1.82) is 0 Å². The summed E-state index contributed by atoms with van der Waals surface area (Å²) in [6.07, 6.45) is 2.86. The lowest BCUT2D eigenvalue weighted by molar-refractivity contribution is -0.384. The van der Waals surface area contributed by atoms with Gasteiger partial charge in [0.25, 0.3) is 5.69 Å². The van der Waals surface area contributed by atoms with Crippen molar-refractivity contribution < 1.29 is 28.7 Å². The standard InChI is InChI=1S/C27H32N2O7/c1-4-35-26(30)15-19-13-22-18(14-23-21(19)8-9-25(28-23)34-3)10-16(2)11-24(22)36-27(31)17-6-5-7-20(12-17)29(32)33/h5-9,12,16,18-19,22,24H,4,10-11,13-15H2,1-3H3/t16-,18-,19+,22+,24-/m1/s1. The second-order valence-electron chi connectivity index (χ2n) is 9.79. The Bertz CT molecular complexity index is 1130. The van der Waals surface area contributed by atoms with E-state index in [0.717, 1.165) is 17.7 Å². The number of methoxy groups -OCH3 is 1. The first-order valence-electron chi connectivity index (χ1n) is 12.4. The Morgan fingerprint density at radius 1 is 1.17 bits per heavy atom. The van der Waals surface area contributed by atoms with Gasteiger partial charge < -0.3 is 14.2 Å². The van der Waals surface area contributed by atoms with E-state index in [2.05, 4.69) is 6.92 Å². The molecule has 0 spiro atoms. The Hall–Kier alpha value is -3.49. The van der Waals surface area contributed by atoms with Crippen LogP contribution in [0.2, 0.25) is 0 Å². The summed E-state index contributed by atoms with van der Waals surface area (Å²) >= 11 is 0. The van der Waals surface area contributed by atoms with Crippen LogP contribution in [0.3, 0.4) is 0 Å². The number of hydrogen-bond acceptors (Lipinski definition) is 8. The van der Waals surface area contributed by atoms with Crippen molar-refractivity contribution in [3.63, 3.8) is 0 Å².